The number of aromatic nitrogens is 2. The summed E-state index contributed by atoms with van der Waals surface area (Å²) >= 11 is 1.93. The van der Waals surface area contributed by atoms with Crippen molar-refractivity contribution in [1.29, 1.82) is 0 Å². The van der Waals surface area contributed by atoms with Crippen molar-refractivity contribution in [2.24, 2.45) is 0 Å². The molecule has 2 nitrogen and oxygen atoms in total. The summed E-state index contributed by atoms with van der Waals surface area (Å²) in [6.07, 6.45) is 0. The molecule has 0 atom stereocenters. The summed E-state index contributed by atoms with van der Waals surface area (Å²) in [6.45, 7) is 8.99. The zero-order valence-electron chi connectivity index (χ0n) is 13.8. The molecule has 0 bridgehead atoms. The predicted octanol–water partition coefficient (Wildman–Crippen LogP) is 5.60. The summed E-state index contributed by atoms with van der Waals surface area (Å²) < 4.78 is 2.45. The SMILES string of the molecule is Cc1nc2c3ccccc3c3c(C)ccc4c3n2c1SC4(C)C. The van der Waals surface area contributed by atoms with Crippen LogP contribution in [0.25, 0.3) is 27.3 Å². The van der Waals surface area contributed by atoms with E-state index in [0.717, 1.165) is 11.3 Å². The van der Waals surface area contributed by atoms with Crippen LogP contribution in [0.1, 0.15) is 30.7 Å². The van der Waals surface area contributed by atoms with Gasteiger partial charge in [0.2, 0.25) is 0 Å². The first-order valence-corrected chi connectivity index (χ1v) is 8.83. The monoisotopic (exact) mass is 318 g/mol. The number of pyridine rings is 1. The molecular weight excluding hydrogens is 300 g/mol. The summed E-state index contributed by atoms with van der Waals surface area (Å²) in [7, 11) is 0. The van der Waals surface area contributed by atoms with Gasteiger partial charge in [-0.2, -0.15) is 0 Å². The van der Waals surface area contributed by atoms with Gasteiger partial charge in [-0.05, 0) is 44.2 Å². The Hall–Kier alpha value is -2.00. The van der Waals surface area contributed by atoms with E-state index in [0.29, 0.717) is 0 Å². The number of hydrogen-bond donors (Lipinski definition) is 0. The van der Waals surface area contributed by atoms with Crippen molar-refractivity contribution in [2.45, 2.75) is 37.5 Å². The summed E-state index contributed by atoms with van der Waals surface area (Å²) in [5.74, 6) is 0. The molecule has 0 amide bonds. The van der Waals surface area contributed by atoms with E-state index in [1.54, 1.807) is 0 Å². The van der Waals surface area contributed by atoms with Crippen LogP contribution in [0.5, 0.6) is 0 Å². The molecule has 3 heteroatoms. The topological polar surface area (TPSA) is 17.3 Å². The standard InChI is InChI=1S/C20H18N2S/c1-11-9-10-15-17-16(11)13-7-5-6-8-14(13)18-21-12(2)19(22(17)18)23-20(15,3)4/h5-10H,1-4H3. The minimum atomic E-state index is 0.0577. The van der Waals surface area contributed by atoms with Crippen LogP contribution in [0.3, 0.4) is 0 Å². The van der Waals surface area contributed by atoms with Crippen molar-refractivity contribution >= 4 is 39.1 Å². The lowest BCUT2D eigenvalue weighted by molar-refractivity contribution is 0.767. The number of thioether (sulfide) groups is 1. The molecule has 0 aliphatic carbocycles. The van der Waals surface area contributed by atoms with Gasteiger partial charge in [0, 0.05) is 15.5 Å². The Morgan fingerprint density at radius 2 is 1.74 bits per heavy atom. The second-order valence-corrected chi connectivity index (χ2v) is 8.58. The quantitative estimate of drug-likeness (QED) is 0.393. The third-order valence-corrected chi connectivity index (χ3v) is 6.45. The van der Waals surface area contributed by atoms with Gasteiger partial charge in [0.15, 0.2) is 0 Å². The van der Waals surface area contributed by atoms with Gasteiger partial charge in [-0.25, -0.2) is 4.98 Å². The van der Waals surface area contributed by atoms with Gasteiger partial charge in [0.1, 0.15) is 10.7 Å². The molecule has 2 aromatic carbocycles. The predicted molar refractivity (Wildman–Crippen MR) is 98.6 cm³/mol. The molecular formula is C20H18N2S. The molecule has 0 spiro atoms. The highest BCUT2D eigenvalue weighted by molar-refractivity contribution is 8.00. The number of fused-ring (bicyclic) bond motifs is 3. The maximum absolute atomic E-state index is 4.93. The molecule has 0 radical (unpaired) electrons. The first-order valence-electron chi connectivity index (χ1n) is 8.01. The summed E-state index contributed by atoms with van der Waals surface area (Å²) in [5.41, 5.74) is 6.31. The molecule has 0 saturated heterocycles. The minimum Gasteiger partial charge on any atom is -0.286 e. The van der Waals surface area contributed by atoms with E-state index in [4.69, 9.17) is 4.98 Å². The zero-order chi connectivity index (χ0) is 15.9. The number of benzene rings is 2. The largest absolute Gasteiger partial charge is 0.286 e. The lowest BCUT2D eigenvalue weighted by Crippen LogP contribution is -2.19. The van der Waals surface area contributed by atoms with Crippen molar-refractivity contribution in [1.82, 2.24) is 9.38 Å². The van der Waals surface area contributed by atoms with Gasteiger partial charge >= 0.3 is 0 Å². The van der Waals surface area contributed by atoms with Crippen LogP contribution in [0.2, 0.25) is 0 Å². The van der Waals surface area contributed by atoms with E-state index < -0.39 is 0 Å². The van der Waals surface area contributed by atoms with Gasteiger partial charge in [-0.3, -0.25) is 4.40 Å². The molecule has 1 aliphatic rings. The van der Waals surface area contributed by atoms with Gasteiger partial charge in [-0.1, -0.05) is 48.2 Å². The Kier molecular flexibility index (Phi) is 2.39. The molecule has 4 aromatic rings. The Morgan fingerprint density at radius 1 is 1.00 bits per heavy atom. The maximum Gasteiger partial charge on any atom is 0.146 e. The van der Waals surface area contributed by atoms with Crippen molar-refractivity contribution in [3.05, 3.63) is 53.2 Å². The molecule has 1 aliphatic heterocycles. The smallest absolute Gasteiger partial charge is 0.146 e. The average molecular weight is 318 g/mol. The fourth-order valence-corrected chi connectivity index (χ4v) is 5.19. The fraction of sp³-hybridized carbons (Fsp3) is 0.250. The van der Waals surface area contributed by atoms with Gasteiger partial charge in [-0.15, -0.1) is 0 Å². The Morgan fingerprint density at radius 3 is 2.52 bits per heavy atom. The Labute approximate surface area is 139 Å². The first-order chi connectivity index (χ1) is 11.0. The van der Waals surface area contributed by atoms with Crippen LogP contribution in [0, 0.1) is 13.8 Å². The Bertz CT molecular complexity index is 1140. The van der Waals surface area contributed by atoms with Gasteiger partial charge in [0.25, 0.3) is 0 Å². The average Bonchev–Trinajstić information content (AvgIpc) is 2.84. The van der Waals surface area contributed by atoms with E-state index in [1.807, 2.05) is 11.8 Å². The first kappa shape index (κ1) is 13.4. The minimum absolute atomic E-state index is 0.0577. The molecule has 3 heterocycles. The van der Waals surface area contributed by atoms with Gasteiger partial charge in [0.05, 0.1) is 11.2 Å². The van der Waals surface area contributed by atoms with Crippen molar-refractivity contribution in [3.8, 4) is 0 Å². The normalized spacial score (nSPS) is 16.0. The van der Waals surface area contributed by atoms with E-state index >= 15 is 0 Å². The van der Waals surface area contributed by atoms with Crippen molar-refractivity contribution < 1.29 is 0 Å². The summed E-state index contributed by atoms with van der Waals surface area (Å²) in [5, 5.41) is 5.22. The zero-order valence-corrected chi connectivity index (χ0v) is 14.6. The number of nitrogens with zero attached hydrogens (tertiary/aromatic N) is 2. The van der Waals surface area contributed by atoms with Crippen molar-refractivity contribution in [3.63, 3.8) is 0 Å². The number of rotatable bonds is 0. The van der Waals surface area contributed by atoms with E-state index in [2.05, 4.69) is 68.5 Å². The number of aryl methyl sites for hydroxylation is 2. The molecule has 23 heavy (non-hydrogen) atoms. The molecule has 5 rings (SSSR count). The van der Waals surface area contributed by atoms with Crippen LogP contribution < -0.4 is 0 Å². The number of imidazole rings is 1. The highest BCUT2D eigenvalue weighted by Gasteiger charge is 2.34. The highest BCUT2D eigenvalue weighted by atomic mass is 32.2. The second kappa shape index (κ2) is 4.09. The van der Waals surface area contributed by atoms with Crippen LogP contribution in [0.4, 0.5) is 0 Å². The van der Waals surface area contributed by atoms with E-state index in [9.17, 15) is 0 Å². The van der Waals surface area contributed by atoms with Crippen LogP contribution in [0.15, 0.2) is 41.4 Å². The lowest BCUT2D eigenvalue weighted by atomic mass is 9.93. The molecule has 2 aromatic heterocycles. The van der Waals surface area contributed by atoms with Gasteiger partial charge < -0.3 is 0 Å². The molecule has 0 N–H and O–H groups in total. The van der Waals surface area contributed by atoms with E-state index in [-0.39, 0.29) is 4.75 Å². The fourth-order valence-electron chi connectivity index (χ4n) is 3.97. The third kappa shape index (κ3) is 1.53. The maximum atomic E-state index is 4.93. The van der Waals surface area contributed by atoms with Crippen LogP contribution in [-0.4, -0.2) is 9.38 Å². The lowest BCUT2D eigenvalue weighted by Gasteiger charge is -2.31. The van der Waals surface area contributed by atoms with Crippen LogP contribution in [-0.2, 0) is 4.75 Å². The molecule has 0 unspecified atom stereocenters. The number of hydrogen-bond acceptors (Lipinski definition) is 2. The highest BCUT2D eigenvalue weighted by Crippen LogP contribution is 2.51. The van der Waals surface area contributed by atoms with Crippen molar-refractivity contribution in [2.75, 3.05) is 0 Å². The molecule has 0 saturated carbocycles. The van der Waals surface area contributed by atoms with Crippen LogP contribution >= 0.6 is 11.8 Å². The Balaban J connectivity index is 2.24. The summed E-state index contributed by atoms with van der Waals surface area (Å²) in [6, 6.07) is 13.3. The van der Waals surface area contributed by atoms with E-state index in [1.165, 1.54) is 37.8 Å². The second-order valence-electron chi connectivity index (χ2n) is 6.97. The molecule has 114 valence electrons. The summed E-state index contributed by atoms with van der Waals surface area (Å²) in [4.78, 5) is 4.93. The third-order valence-electron chi connectivity index (χ3n) is 5.05. The molecule has 0 fully saturated rings.